The standard InChI is InChI=1S/C22H16N4O2S2/c1-14-13-16(21-25-18-7-4-12-24-22(18)29-21)9-10-17(14)26-30(27,28)19-8-2-5-15-6-3-11-23-20(15)19/h2-13,26H,1H3. The largest absolute Gasteiger partial charge is 0.279 e. The second-order valence-corrected chi connectivity index (χ2v) is 9.44. The lowest BCUT2D eigenvalue weighted by Crippen LogP contribution is -2.14. The number of fused-ring (bicyclic) bond motifs is 2. The molecule has 3 aromatic heterocycles. The average molecular weight is 433 g/mol. The van der Waals surface area contributed by atoms with Crippen molar-refractivity contribution in [1.82, 2.24) is 15.0 Å². The molecule has 0 spiro atoms. The monoisotopic (exact) mass is 432 g/mol. The van der Waals surface area contributed by atoms with E-state index in [1.165, 1.54) is 11.3 Å². The van der Waals surface area contributed by atoms with Crippen molar-refractivity contribution in [3.63, 3.8) is 0 Å². The summed E-state index contributed by atoms with van der Waals surface area (Å²) in [5, 5.41) is 1.62. The highest BCUT2D eigenvalue weighted by molar-refractivity contribution is 7.93. The zero-order valence-corrected chi connectivity index (χ0v) is 17.5. The van der Waals surface area contributed by atoms with Gasteiger partial charge in [-0.25, -0.2) is 18.4 Å². The number of aromatic nitrogens is 3. The summed E-state index contributed by atoms with van der Waals surface area (Å²) in [6.45, 7) is 1.87. The lowest BCUT2D eigenvalue weighted by molar-refractivity contribution is 0.602. The van der Waals surface area contributed by atoms with E-state index in [0.29, 0.717) is 11.2 Å². The molecular formula is C22H16N4O2S2. The van der Waals surface area contributed by atoms with E-state index in [1.807, 2.05) is 43.3 Å². The molecule has 6 nitrogen and oxygen atoms in total. The molecule has 0 amide bonds. The first-order chi connectivity index (χ1) is 14.5. The topological polar surface area (TPSA) is 84.8 Å². The molecule has 0 atom stereocenters. The highest BCUT2D eigenvalue weighted by Crippen LogP contribution is 2.32. The molecule has 1 N–H and O–H groups in total. The van der Waals surface area contributed by atoms with Crippen molar-refractivity contribution in [2.24, 2.45) is 0 Å². The first-order valence-electron chi connectivity index (χ1n) is 9.20. The molecule has 0 bridgehead atoms. The number of rotatable bonds is 4. The number of anilines is 1. The summed E-state index contributed by atoms with van der Waals surface area (Å²) < 4.78 is 28.8. The molecular weight excluding hydrogens is 416 g/mol. The summed E-state index contributed by atoms with van der Waals surface area (Å²) >= 11 is 1.51. The van der Waals surface area contributed by atoms with Crippen LogP contribution in [0.15, 0.2) is 78.0 Å². The van der Waals surface area contributed by atoms with Gasteiger partial charge in [-0.15, -0.1) is 0 Å². The zero-order chi connectivity index (χ0) is 20.7. The van der Waals surface area contributed by atoms with Crippen molar-refractivity contribution >= 4 is 48.3 Å². The van der Waals surface area contributed by atoms with E-state index in [1.54, 1.807) is 36.7 Å². The van der Waals surface area contributed by atoms with E-state index in [2.05, 4.69) is 19.7 Å². The smallest absolute Gasteiger partial charge is 0.264 e. The van der Waals surface area contributed by atoms with Crippen LogP contribution in [0.5, 0.6) is 0 Å². The maximum absolute atomic E-state index is 13.1. The van der Waals surface area contributed by atoms with E-state index in [0.717, 1.165) is 31.9 Å². The second-order valence-electron chi connectivity index (χ2n) is 6.81. The van der Waals surface area contributed by atoms with Crippen LogP contribution in [0.3, 0.4) is 0 Å². The van der Waals surface area contributed by atoms with Gasteiger partial charge in [-0.2, -0.15) is 0 Å². The first-order valence-corrected chi connectivity index (χ1v) is 11.5. The fourth-order valence-electron chi connectivity index (χ4n) is 3.30. The van der Waals surface area contributed by atoms with Crippen molar-refractivity contribution in [3.8, 4) is 10.6 Å². The van der Waals surface area contributed by atoms with Crippen LogP contribution in [0, 0.1) is 6.92 Å². The number of sulfonamides is 1. The van der Waals surface area contributed by atoms with Crippen molar-refractivity contribution < 1.29 is 8.42 Å². The van der Waals surface area contributed by atoms with Gasteiger partial charge in [0, 0.05) is 23.3 Å². The normalized spacial score (nSPS) is 11.8. The molecule has 0 fully saturated rings. The van der Waals surface area contributed by atoms with Gasteiger partial charge in [0.25, 0.3) is 10.0 Å². The summed E-state index contributed by atoms with van der Waals surface area (Å²) in [5.74, 6) is 0. The minimum atomic E-state index is -3.80. The molecule has 148 valence electrons. The molecule has 0 radical (unpaired) electrons. The number of para-hydroxylation sites is 1. The number of pyridine rings is 2. The van der Waals surface area contributed by atoms with Crippen LogP contribution in [0.25, 0.3) is 31.8 Å². The Kier molecular flexibility index (Phi) is 4.45. The Morgan fingerprint density at radius 1 is 0.933 bits per heavy atom. The number of hydrogen-bond donors (Lipinski definition) is 1. The lowest BCUT2D eigenvalue weighted by Gasteiger charge is -2.12. The Morgan fingerprint density at radius 2 is 1.73 bits per heavy atom. The second kappa shape index (κ2) is 7.16. The molecule has 2 aromatic carbocycles. The summed E-state index contributed by atoms with van der Waals surface area (Å²) in [7, 11) is -3.80. The van der Waals surface area contributed by atoms with Gasteiger partial charge < -0.3 is 0 Å². The Morgan fingerprint density at radius 3 is 2.57 bits per heavy atom. The Bertz CT molecular complexity index is 1470. The number of benzene rings is 2. The van der Waals surface area contributed by atoms with Gasteiger partial charge >= 0.3 is 0 Å². The summed E-state index contributed by atoms with van der Waals surface area (Å²) in [4.78, 5) is 14.2. The highest BCUT2D eigenvalue weighted by Gasteiger charge is 2.19. The molecule has 3 heterocycles. The van der Waals surface area contributed by atoms with Crippen LogP contribution in [-0.4, -0.2) is 23.4 Å². The third-order valence-electron chi connectivity index (χ3n) is 4.77. The fourth-order valence-corrected chi connectivity index (χ4v) is 5.51. The van der Waals surface area contributed by atoms with Crippen LogP contribution in [0.2, 0.25) is 0 Å². The van der Waals surface area contributed by atoms with Crippen molar-refractivity contribution in [1.29, 1.82) is 0 Å². The summed E-state index contributed by atoms with van der Waals surface area (Å²) in [6, 6.07) is 18.1. The Labute approximate surface area is 177 Å². The number of hydrogen-bond acceptors (Lipinski definition) is 6. The molecule has 0 saturated heterocycles. The number of nitrogens with zero attached hydrogens (tertiary/aromatic N) is 3. The van der Waals surface area contributed by atoms with Gasteiger partial charge in [-0.3, -0.25) is 9.71 Å². The molecule has 0 aliphatic rings. The predicted molar refractivity (Wildman–Crippen MR) is 120 cm³/mol. The molecule has 0 unspecified atom stereocenters. The molecule has 5 aromatic rings. The van der Waals surface area contributed by atoms with Crippen LogP contribution in [0.4, 0.5) is 5.69 Å². The van der Waals surface area contributed by atoms with E-state index in [4.69, 9.17) is 0 Å². The maximum atomic E-state index is 13.1. The summed E-state index contributed by atoms with van der Waals surface area (Å²) in [6.07, 6.45) is 3.34. The van der Waals surface area contributed by atoms with Crippen LogP contribution >= 0.6 is 11.3 Å². The van der Waals surface area contributed by atoms with Crippen molar-refractivity contribution in [2.45, 2.75) is 11.8 Å². The van der Waals surface area contributed by atoms with Gasteiger partial charge in [-0.1, -0.05) is 29.5 Å². The average Bonchev–Trinajstić information content (AvgIpc) is 3.19. The molecule has 0 saturated carbocycles. The van der Waals surface area contributed by atoms with Gasteiger partial charge in [0.2, 0.25) is 0 Å². The van der Waals surface area contributed by atoms with Gasteiger partial charge in [0.05, 0.1) is 11.2 Å². The quantitative estimate of drug-likeness (QED) is 0.431. The predicted octanol–water partition coefficient (Wildman–Crippen LogP) is 5.02. The molecule has 5 rings (SSSR count). The minimum Gasteiger partial charge on any atom is -0.279 e. The number of aryl methyl sites for hydroxylation is 1. The van der Waals surface area contributed by atoms with Crippen LogP contribution < -0.4 is 4.72 Å². The van der Waals surface area contributed by atoms with E-state index in [9.17, 15) is 8.42 Å². The molecule has 8 heteroatoms. The SMILES string of the molecule is Cc1cc(-c2nc3cccnc3s2)ccc1NS(=O)(=O)c1cccc2cccnc12. The Balaban J connectivity index is 1.50. The molecule has 0 aliphatic carbocycles. The zero-order valence-electron chi connectivity index (χ0n) is 15.9. The summed E-state index contributed by atoms with van der Waals surface area (Å²) in [5.41, 5.74) is 3.54. The lowest BCUT2D eigenvalue weighted by atomic mass is 10.1. The maximum Gasteiger partial charge on any atom is 0.264 e. The van der Waals surface area contributed by atoms with Crippen LogP contribution in [-0.2, 0) is 10.0 Å². The fraction of sp³-hybridized carbons (Fsp3) is 0.0455. The highest BCUT2D eigenvalue weighted by atomic mass is 32.2. The molecule has 30 heavy (non-hydrogen) atoms. The number of thiazole rings is 1. The molecule has 0 aliphatic heterocycles. The third-order valence-corrected chi connectivity index (χ3v) is 7.19. The minimum absolute atomic E-state index is 0.154. The van der Waals surface area contributed by atoms with Crippen LogP contribution in [0.1, 0.15) is 5.56 Å². The van der Waals surface area contributed by atoms with Crippen molar-refractivity contribution in [2.75, 3.05) is 4.72 Å². The van der Waals surface area contributed by atoms with Gasteiger partial charge in [-0.05, 0) is 55.0 Å². The number of nitrogens with one attached hydrogen (secondary N) is 1. The van der Waals surface area contributed by atoms with Gasteiger partial charge in [0.1, 0.15) is 20.3 Å². The third kappa shape index (κ3) is 3.30. The van der Waals surface area contributed by atoms with E-state index < -0.39 is 10.0 Å². The Hall–Kier alpha value is -3.36. The van der Waals surface area contributed by atoms with E-state index in [-0.39, 0.29) is 4.90 Å². The van der Waals surface area contributed by atoms with E-state index >= 15 is 0 Å². The van der Waals surface area contributed by atoms with Gasteiger partial charge in [0.15, 0.2) is 0 Å². The first kappa shape index (κ1) is 18.7. The van der Waals surface area contributed by atoms with Crippen molar-refractivity contribution in [3.05, 3.63) is 78.6 Å².